The minimum atomic E-state index is -1.02. The van der Waals surface area contributed by atoms with Crippen LogP contribution in [-0.2, 0) is 9.59 Å². The van der Waals surface area contributed by atoms with Gasteiger partial charge in [-0.25, -0.2) is 8.78 Å². The van der Waals surface area contributed by atoms with E-state index in [-0.39, 0.29) is 28.8 Å². The van der Waals surface area contributed by atoms with E-state index in [0.29, 0.717) is 0 Å². The minimum absolute atomic E-state index is 0.00418. The summed E-state index contributed by atoms with van der Waals surface area (Å²) in [5.74, 6) is -2.87. The van der Waals surface area contributed by atoms with Gasteiger partial charge in [-0.2, -0.15) is 0 Å². The zero-order valence-corrected chi connectivity index (χ0v) is 15.7. The lowest BCUT2D eigenvalue weighted by Crippen LogP contribution is -2.55. The molecule has 0 radical (unpaired) electrons. The third-order valence-corrected chi connectivity index (χ3v) is 4.36. The molecule has 0 aliphatic heterocycles. The summed E-state index contributed by atoms with van der Waals surface area (Å²) in [6.07, 6.45) is 1.87. The first-order chi connectivity index (χ1) is 12.1. The Kier molecular flexibility index (Phi) is 5.78. The van der Waals surface area contributed by atoms with Crippen molar-refractivity contribution in [2.24, 2.45) is 10.4 Å². The third kappa shape index (κ3) is 4.45. The van der Waals surface area contributed by atoms with Crippen LogP contribution in [-0.4, -0.2) is 36.7 Å². The van der Waals surface area contributed by atoms with Gasteiger partial charge in [0, 0.05) is 18.7 Å². The molecule has 0 saturated heterocycles. The van der Waals surface area contributed by atoms with Gasteiger partial charge in [-0.3, -0.25) is 14.6 Å². The fourth-order valence-corrected chi connectivity index (χ4v) is 2.64. The average Bonchev–Trinajstić information content (AvgIpc) is 3.35. The summed E-state index contributed by atoms with van der Waals surface area (Å²) >= 11 is 0. The van der Waals surface area contributed by atoms with Gasteiger partial charge in [0.05, 0.1) is 0 Å². The molecular weight excluding hydrogens is 340 g/mol. The van der Waals surface area contributed by atoms with E-state index >= 15 is 0 Å². The number of amides is 2. The van der Waals surface area contributed by atoms with Crippen molar-refractivity contribution < 1.29 is 18.4 Å². The Morgan fingerprint density at radius 2 is 1.85 bits per heavy atom. The number of rotatable bonds is 5. The Balaban J connectivity index is 2.26. The predicted molar refractivity (Wildman–Crippen MR) is 96.1 cm³/mol. The molecule has 1 saturated carbocycles. The van der Waals surface area contributed by atoms with E-state index < -0.39 is 29.0 Å². The first kappa shape index (κ1) is 20.0. The number of nitrogens with zero attached hydrogens (tertiary/aromatic N) is 1. The van der Waals surface area contributed by atoms with Crippen LogP contribution in [0.3, 0.4) is 0 Å². The molecule has 1 aliphatic carbocycles. The predicted octanol–water partition coefficient (Wildman–Crippen LogP) is 2.50. The third-order valence-electron chi connectivity index (χ3n) is 4.36. The molecule has 0 bridgehead atoms. The van der Waals surface area contributed by atoms with Crippen molar-refractivity contribution in [1.82, 2.24) is 10.6 Å². The highest BCUT2D eigenvalue weighted by molar-refractivity contribution is 6.46. The van der Waals surface area contributed by atoms with Crippen molar-refractivity contribution in [3.63, 3.8) is 0 Å². The number of aliphatic imine (C=N–C) groups is 1. The molecule has 1 aliphatic rings. The summed E-state index contributed by atoms with van der Waals surface area (Å²) in [7, 11) is 1.39. The number of hydrogen-bond donors (Lipinski definition) is 2. The van der Waals surface area contributed by atoms with Gasteiger partial charge >= 0.3 is 0 Å². The molecule has 0 aromatic heterocycles. The van der Waals surface area contributed by atoms with E-state index in [1.165, 1.54) is 20.0 Å². The molecule has 1 fully saturated rings. The molecule has 0 heterocycles. The summed E-state index contributed by atoms with van der Waals surface area (Å²) in [6.45, 7) is 6.91. The molecule has 2 N–H and O–H groups in total. The largest absolute Gasteiger partial charge is 0.352 e. The zero-order valence-electron chi connectivity index (χ0n) is 15.7. The fourth-order valence-electron chi connectivity index (χ4n) is 2.64. The Hall–Kier alpha value is -2.31. The van der Waals surface area contributed by atoms with E-state index in [1.54, 1.807) is 0 Å². The Labute approximate surface area is 152 Å². The standard InChI is InChI=1S/C19H25F2N3O2/c1-10-12(8-9-13(20)14(10)21)15(22-5)17(25)24-16(19(2,3)4)18(26)23-11-6-7-11/h8-9,11,16H,6-7H2,1-5H3,(H,23,26)(H,24,25). The quantitative estimate of drug-likeness (QED) is 0.787. The highest BCUT2D eigenvalue weighted by Gasteiger charge is 2.36. The molecule has 2 amide bonds. The first-order valence-electron chi connectivity index (χ1n) is 8.59. The van der Waals surface area contributed by atoms with Crippen LogP contribution in [0.1, 0.15) is 44.7 Å². The van der Waals surface area contributed by atoms with E-state index in [4.69, 9.17) is 0 Å². The van der Waals surface area contributed by atoms with Gasteiger partial charge < -0.3 is 10.6 Å². The molecule has 142 valence electrons. The van der Waals surface area contributed by atoms with Crippen LogP contribution in [0.5, 0.6) is 0 Å². The first-order valence-corrected chi connectivity index (χ1v) is 8.59. The SMILES string of the molecule is CN=C(C(=O)NC(C(=O)NC1CC1)C(C)(C)C)c1ccc(F)c(F)c1C. The van der Waals surface area contributed by atoms with Gasteiger partial charge in [0.25, 0.3) is 5.91 Å². The number of halogens is 2. The van der Waals surface area contributed by atoms with E-state index in [9.17, 15) is 18.4 Å². The Bertz CT molecular complexity index is 750. The van der Waals surface area contributed by atoms with Crippen molar-refractivity contribution >= 4 is 17.5 Å². The maximum absolute atomic E-state index is 13.9. The van der Waals surface area contributed by atoms with Crippen LogP contribution in [0.2, 0.25) is 0 Å². The van der Waals surface area contributed by atoms with Gasteiger partial charge in [0.15, 0.2) is 11.6 Å². The number of hydrogen-bond acceptors (Lipinski definition) is 3. The van der Waals surface area contributed by atoms with Crippen LogP contribution >= 0.6 is 0 Å². The lowest BCUT2D eigenvalue weighted by Gasteiger charge is -2.30. The van der Waals surface area contributed by atoms with Crippen molar-refractivity contribution in [1.29, 1.82) is 0 Å². The van der Waals surface area contributed by atoms with Crippen LogP contribution in [0, 0.1) is 24.0 Å². The van der Waals surface area contributed by atoms with Gasteiger partial charge in [-0.1, -0.05) is 20.8 Å². The lowest BCUT2D eigenvalue weighted by molar-refractivity contribution is -0.129. The summed E-state index contributed by atoms with van der Waals surface area (Å²) in [5, 5.41) is 5.59. The molecule has 1 atom stereocenters. The highest BCUT2D eigenvalue weighted by Crippen LogP contribution is 2.24. The van der Waals surface area contributed by atoms with Crippen molar-refractivity contribution in [3.8, 4) is 0 Å². The summed E-state index contributed by atoms with van der Waals surface area (Å²) in [4.78, 5) is 29.2. The zero-order chi connectivity index (χ0) is 19.6. The molecule has 5 nitrogen and oxygen atoms in total. The summed E-state index contributed by atoms with van der Waals surface area (Å²) < 4.78 is 27.2. The fraction of sp³-hybridized carbons (Fsp3) is 0.526. The van der Waals surface area contributed by atoms with Gasteiger partial charge in [-0.05, 0) is 42.9 Å². The number of benzene rings is 1. The maximum atomic E-state index is 13.9. The van der Waals surface area contributed by atoms with Crippen LogP contribution in [0.25, 0.3) is 0 Å². The second-order valence-electron chi connectivity index (χ2n) is 7.66. The van der Waals surface area contributed by atoms with E-state index in [2.05, 4.69) is 15.6 Å². The van der Waals surface area contributed by atoms with Crippen molar-refractivity contribution in [2.45, 2.75) is 52.6 Å². The monoisotopic (exact) mass is 365 g/mol. The smallest absolute Gasteiger partial charge is 0.270 e. The normalized spacial score (nSPS) is 16.2. The molecule has 26 heavy (non-hydrogen) atoms. The molecule has 0 spiro atoms. The number of carbonyl (C=O) groups excluding carboxylic acids is 2. The molecule has 2 rings (SSSR count). The second-order valence-corrected chi connectivity index (χ2v) is 7.66. The van der Waals surface area contributed by atoms with Crippen LogP contribution < -0.4 is 10.6 Å². The van der Waals surface area contributed by atoms with E-state index in [1.807, 2.05) is 20.8 Å². The molecule has 1 unspecified atom stereocenters. The molecule has 1 aromatic carbocycles. The summed E-state index contributed by atoms with van der Waals surface area (Å²) in [6, 6.07) is 1.65. The van der Waals surface area contributed by atoms with E-state index in [0.717, 1.165) is 18.9 Å². The number of carbonyl (C=O) groups is 2. The Morgan fingerprint density at radius 3 is 2.35 bits per heavy atom. The van der Waals surface area contributed by atoms with Crippen LogP contribution in [0.15, 0.2) is 17.1 Å². The van der Waals surface area contributed by atoms with Crippen molar-refractivity contribution in [3.05, 3.63) is 34.9 Å². The minimum Gasteiger partial charge on any atom is -0.352 e. The van der Waals surface area contributed by atoms with Crippen LogP contribution in [0.4, 0.5) is 8.78 Å². The van der Waals surface area contributed by atoms with Crippen molar-refractivity contribution in [2.75, 3.05) is 7.05 Å². The number of nitrogens with one attached hydrogen (secondary N) is 2. The van der Waals surface area contributed by atoms with Gasteiger partial charge in [-0.15, -0.1) is 0 Å². The highest BCUT2D eigenvalue weighted by atomic mass is 19.2. The average molecular weight is 365 g/mol. The second kappa shape index (κ2) is 7.51. The Morgan fingerprint density at radius 1 is 1.23 bits per heavy atom. The van der Waals surface area contributed by atoms with Gasteiger partial charge in [0.2, 0.25) is 5.91 Å². The maximum Gasteiger partial charge on any atom is 0.270 e. The molecular formula is C19H25F2N3O2. The van der Waals surface area contributed by atoms with Gasteiger partial charge in [0.1, 0.15) is 11.8 Å². The summed E-state index contributed by atoms with van der Waals surface area (Å²) in [5.41, 5.74) is -0.388. The lowest BCUT2D eigenvalue weighted by atomic mass is 9.85. The molecule has 7 heteroatoms. The molecule has 1 aromatic rings. The topological polar surface area (TPSA) is 70.6 Å².